The summed E-state index contributed by atoms with van der Waals surface area (Å²) >= 11 is 0. The summed E-state index contributed by atoms with van der Waals surface area (Å²) in [5, 5.41) is 0. The van der Waals surface area contributed by atoms with Crippen LogP contribution in [0.5, 0.6) is 0 Å². The molecule has 0 amide bonds. The summed E-state index contributed by atoms with van der Waals surface area (Å²) in [4.78, 5) is 4.66. The first kappa shape index (κ1) is 10.1. The maximum atomic E-state index is 4.66. The fraction of sp³-hybridized carbons (Fsp3) is 0.533. The zero-order valence-electron chi connectivity index (χ0n) is 9.95. The Morgan fingerprint density at radius 1 is 1.31 bits per heavy atom. The molecule has 2 atom stereocenters. The minimum atomic E-state index is 0.710. The number of nitrogens with zero attached hydrogens (tertiary/aromatic N) is 1. The van der Waals surface area contributed by atoms with Crippen LogP contribution >= 0.6 is 0 Å². The zero-order valence-corrected chi connectivity index (χ0v) is 9.95. The van der Waals surface area contributed by atoms with Crippen molar-refractivity contribution in [2.24, 2.45) is 5.92 Å². The Labute approximate surface area is 97.6 Å². The lowest BCUT2D eigenvalue weighted by molar-refractivity contribution is 0.339. The molecule has 0 aliphatic heterocycles. The van der Waals surface area contributed by atoms with Crippen LogP contribution in [0.15, 0.2) is 18.3 Å². The van der Waals surface area contributed by atoms with E-state index in [1.165, 1.54) is 42.5 Å². The van der Waals surface area contributed by atoms with Gasteiger partial charge < -0.3 is 0 Å². The lowest BCUT2D eigenvalue weighted by Crippen LogP contribution is -2.14. The third kappa shape index (κ3) is 1.68. The largest absolute Gasteiger partial charge is 0.260 e. The Bertz CT molecular complexity index is 419. The number of pyridine rings is 1. The van der Waals surface area contributed by atoms with Crippen LogP contribution in [0.3, 0.4) is 0 Å². The molecule has 1 unspecified atom stereocenters. The molecule has 84 valence electrons. The lowest BCUT2D eigenvalue weighted by Gasteiger charge is -2.27. The van der Waals surface area contributed by atoms with Crippen LogP contribution in [0.2, 0.25) is 0 Å². The van der Waals surface area contributed by atoms with Crippen molar-refractivity contribution >= 4 is 6.08 Å². The standard InChI is InChI=1S/C15H19N/c1-11-4-2-6-13(10-11)15-14-7-3-5-12(14)8-9-16-15/h3,7-9,11,13H,2,4-6,10H2,1H3/t11-,13?/m1/s1. The summed E-state index contributed by atoms with van der Waals surface area (Å²) < 4.78 is 0. The molecule has 0 N–H and O–H groups in total. The summed E-state index contributed by atoms with van der Waals surface area (Å²) in [6.07, 6.45) is 13.1. The smallest absolute Gasteiger partial charge is 0.0509 e. The predicted octanol–water partition coefficient (Wildman–Crippen LogP) is 3.94. The van der Waals surface area contributed by atoms with E-state index in [-0.39, 0.29) is 0 Å². The van der Waals surface area contributed by atoms with Crippen molar-refractivity contribution in [3.05, 3.63) is 35.2 Å². The Morgan fingerprint density at radius 2 is 2.25 bits per heavy atom. The van der Waals surface area contributed by atoms with Crippen LogP contribution in [-0.4, -0.2) is 4.98 Å². The molecule has 16 heavy (non-hydrogen) atoms. The van der Waals surface area contributed by atoms with Crippen molar-refractivity contribution in [1.29, 1.82) is 0 Å². The summed E-state index contributed by atoms with van der Waals surface area (Å²) in [5.74, 6) is 1.59. The van der Waals surface area contributed by atoms with E-state index in [0.717, 1.165) is 12.3 Å². The molecule has 0 aromatic carbocycles. The highest BCUT2D eigenvalue weighted by atomic mass is 14.7. The van der Waals surface area contributed by atoms with E-state index >= 15 is 0 Å². The SMILES string of the molecule is C[C@@H]1CCCC(c2nccc3c2C=CC3)C1. The first-order valence-corrected chi connectivity index (χ1v) is 6.49. The van der Waals surface area contributed by atoms with E-state index in [1.54, 1.807) is 0 Å². The molecule has 0 bridgehead atoms. The molecule has 1 aromatic rings. The molecular weight excluding hydrogens is 194 g/mol. The van der Waals surface area contributed by atoms with Crippen molar-refractivity contribution in [2.75, 3.05) is 0 Å². The summed E-state index contributed by atoms with van der Waals surface area (Å²) in [7, 11) is 0. The number of hydrogen-bond donors (Lipinski definition) is 0. The lowest BCUT2D eigenvalue weighted by atomic mass is 9.79. The van der Waals surface area contributed by atoms with Gasteiger partial charge in [0.15, 0.2) is 0 Å². The molecule has 1 saturated carbocycles. The van der Waals surface area contributed by atoms with Crippen molar-refractivity contribution in [2.45, 2.75) is 44.9 Å². The second kappa shape index (κ2) is 4.04. The van der Waals surface area contributed by atoms with Gasteiger partial charge in [0.25, 0.3) is 0 Å². The van der Waals surface area contributed by atoms with Crippen LogP contribution < -0.4 is 0 Å². The molecule has 1 fully saturated rings. The minimum absolute atomic E-state index is 0.710. The maximum Gasteiger partial charge on any atom is 0.0509 e. The molecule has 1 aromatic heterocycles. The summed E-state index contributed by atoms with van der Waals surface area (Å²) in [6.45, 7) is 2.38. The Balaban J connectivity index is 1.94. The van der Waals surface area contributed by atoms with Gasteiger partial charge in [0.1, 0.15) is 0 Å². The second-order valence-electron chi connectivity index (χ2n) is 5.34. The van der Waals surface area contributed by atoms with Crippen molar-refractivity contribution in [3.8, 4) is 0 Å². The highest BCUT2D eigenvalue weighted by Crippen LogP contribution is 2.38. The Kier molecular flexibility index (Phi) is 2.55. The third-order valence-corrected chi connectivity index (χ3v) is 4.06. The van der Waals surface area contributed by atoms with Crippen molar-refractivity contribution in [3.63, 3.8) is 0 Å². The Morgan fingerprint density at radius 3 is 3.12 bits per heavy atom. The molecular formula is C15H19N. The topological polar surface area (TPSA) is 12.9 Å². The van der Waals surface area contributed by atoms with Gasteiger partial charge in [0.2, 0.25) is 0 Å². The van der Waals surface area contributed by atoms with E-state index in [1.807, 2.05) is 6.20 Å². The van der Waals surface area contributed by atoms with E-state index < -0.39 is 0 Å². The number of rotatable bonds is 1. The normalized spacial score (nSPS) is 28.1. The maximum absolute atomic E-state index is 4.66. The van der Waals surface area contributed by atoms with Gasteiger partial charge in [-0.15, -0.1) is 0 Å². The van der Waals surface area contributed by atoms with E-state index in [2.05, 4.69) is 30.1 Å². The first-order valence-electron chi connectivity index (χ1n) is 6.49. The molecule has 1 heteroatoms. The van der Waals surface area contributed by atoms with Gasteiger partial charge in [-0.1, -0.05) is 31.9 Å². The van der Waals surface area contributed by atoms with Gasteiger partial charge in [-0.2, -0.15) is 0 Å². The monoisotopic (exact) mass is 213 g/mol. The molecule has 0 radical (unpaired) electrons. The number of aromatic nitrogens is 1. The molecule has 3 rings (SSSR count). The van der Waals surface area contributed by atoms with E-state index in [4.69, 9.17) is 0 Å². The van der Waals surface area contributed by atoms with Gasteiger partial charge in [-0.05, 0) is 42.4 Å². The molecule has 0 spiro atoms. The van der Waals surface area contributed by atoms with E-state index in [0.29, 0.717) is 5.92 Å². The highest BCUT2D eigenvalue weighted by Gasteiger charge is 2.24. The fourth-order valence-corrected chi connectivity index (χ4v) is 3.21. The first-order chi connectivity index (χ1) is 7.84. The summed E-state index contributed by atoms with van der Waals surface area (Å²) in [5.41, 5.74) is 4.28. The zero-order chi connectivity index (χ0) is 11.0. The second-order valence-corrected chi connectivity index (χ2v) is 5.34. The minimum Gasteiger partial charge on any atom is -0.260 e. The van der Waals surface area contributed by atoms with Gasteiger partial charge >= 0.3 is 0 Å². The van der Waals surface area contributed by atoms with Crippen LogP contribution in [0.1, 0.15) is 55.3 Å². The van der Waals surface area contributed by atoms with Crippen molar-refractivity contribution in [1.82, 2.24) is 4.98 Å². The molecule has 2 aliphatic rings. The quantitative estimate of drug-likeness (QED) is 0.688. The van der Waals surface area contributed by atoms with Gasteiger partial charge in [0.05, 0.1) is 5.69 Å². The van der Waals surface area contributed by atoms with Crippen LogP contribution in [0, 0.1) is 5.92 Å². The van der Waals surface area contributed by atoms with Crippen LogP contribution in [-0.2, 0) is 6.42 Å². The van der Waals surface area contributed by atoms with Gasteiger partial charge in [0, 0.05) is 12.1 Å². The molecule has 0 saturated heterocycles. The number of hydrogen-bond acceptors (Lipinski definition) is 1. The number of fused-ring (bicyclic) bond motifs is 1. The predicted molar refractivity (Wildman–Crippen MR) is 67.3 cm³/mol. The van der Waals surface area contributed by atoms with Crippen LogP contribution in [0.4, 0.5) is 0 Å². The molecule has 1 nitrogen and oxygen atoms in total. The average molecular weight is 213 g/mol. The number of allylic oxidation sites excluding steroid dienone is 1. The van der Waals surface area contributed by atoms with Gasteiger partial charge in [-0.3, -0.25) is 4.98 Å². The summed E-state index contributed by atoms with van der Waals surface area (Å²) in [6, 6.07) is 2.17. The van der Waals surface area contributed by atoms with Crippen molar-refractivity contribution < 1.29 is 0 Å². The van der Waals surface area contributed by atoms with Crippen LogP contribution in [0.25, 0.3) is 6.08 Å². The van der Waals surface area contributed by atoms with E-state index in [9.17, 15) is 0 Å². The third-order valence-electron chi connectivity index (χ3n) is 4.06. The van der Waals surface area contributed by atoms with Gasteiger partial charge in [-0.25, -0.2) is 0 Å². The fourth-order valence-electron chi connectivity index (χ4n) is 3.21. The average Bonchev–Trinajstić information content (AvgIpc) is 2.76. The Hall–Kier alpha value is -1.11. The molecule has 1 heterocycles. The molecule has 2 aliphatic carbocycles. The highest BCUT2D eigenvalue weighted by molar-refractivity contribution is 5.62.